The SMILES string of the molecule is COc1ccc(Cl)cc1N1CCC(NC(=O)NCc2cccnc2)C1. The molecule has 0 bridgehead atoms. The third kappa shape index (κ3) is 4.54. The van der Waals surface area contributed by atoms with Crippen molar-refractivity contribution in [3.8, 4) is 5.75 Å². The molecular formula is C18H21ClN4O2. The first-order valence-corrected chi connectivity index (χ1v) is 8.55. The van der Waals surface area contributed by atoms with Gasteiger partial charge in [-0.2, -0.15) is 0 Å². The Morgan fingerprint density at radius 1 is 1.44 bits per heavy atom. The predicted molar refractivity (Wildman–Crippen MR) is 98.2 cm³/mol. The number of urea groups is 1. The highest BCUT2D eigenvalue weighted by atomic mass is 35.5. The van der Waals surface area contributed by atoms with Crippen LogP contribution in [-0.4, -0.2) is 37.3 Å². The van der Waals surface area contributed by atoms with Crippen LogP contribution in [0.15, 0.2) is 42.7 Å². The van der Waals surface area contributed by atoms with Crippen molar-refractivity contribution in [2.45, 2.75) is 19.0 Å². The van der Waals surface area contributed by atoms with Crippen molar-refractivity contribution >= 4 is 23.3 Å². The lowest BCUT2D eigenvalue weighted by atomic mass is 10.2. The van der Waals surface area contributed by atoms with Crippen molar-refractivity contribution < 1.29 is 9.53 Å². The summed E-state index contributed by atoms with van der Waals surface area (Å²) in [5, 5.41) is 6.54. The number of rotatable bonds is 5. The first kappa shape index (κ1) is 17.4. The van der Waals surface area contributed by atoms with Crippen molar-refractivity contribution in [2.24, 2.45) is 0 Å². The van der Waals surface area contributed by atoms with Gasteiger partial charge in [-0.3, -0.25) is 4.98 Å². The van der Waals surface area contributed by atoms with Crippen molar-refractivity contribution in [1.82, 2.24) is 15.6 Å². The zero-order valence-electron chi connectivity index (χ0n) is 14.0. The van der Waals surface area contributed by atoms with Crippen LogP contribution in [0.2, 0.25) is 5.02 Å². The molecule has 1 aliphatic rings. The number of benzene rings is 1. The molecule has 3 rings (SSSR count). The molecule has 2 aromatic rings. The molecular weight excluding hydrogens is 340 g/mol. The molecule has 0 aliphatic carbocycles. The Bertz CT molecular complexity index is 726. The van der Waals surface area contributed by atoms with Gasteiger partial charge in [-0.1, -0.05) is 17.7 Å². The second-order valence-electron chi connectivity index (χ2n) is 5.94. The summed E-state index contributed by atoms with van der Waals surface area (Å²) in [4.78, 5) is 18.3. The number of nitrogens with one attached hydrogen (secondary N) is 2. The Kier molecular flexibility index (Phi) is 5.60. The third-order valence-corrected chi connectivity index (χ3v) is 4.42. The molecule has 1 fully saturated rings. The van der Waals surface area contributed by atoms with Crippen LogP contribution in [-0.2, 0) is 6.54 Å². The average Bonchev–Trinajstić information content (AvgIpc) is 3.09. The molecule has 7 heteroatoms. The number of halogens is 1. The quantitative estimate of drug-likeness (QED) is 0.860. The fourth-order valence-corrected chi connectivity index (χ4v) is 3.09. The van der Waals surface area contributed by atoms with E-state index in [1.807, 2.05) is 30.3 Å². The van der Waals surface area contributed by atoms with Gasteiger partial charge >= 0.3 is 6.03 Å². The number of hydrogen-bond acceptors (Lipinski definition) is 4. The van der Waals surface area contributed by atoms with Gasteiger partial charge in [0.25, 0.3) is 0 Å². The number of anilines is 1. The summed E-state index contributed by atoms with van der Waals surface area (Å²) in [6.45, 7) is 2.01. The predicted octanol–water partition coefficient (Wildman–Crippen LogP) is 2.82. The molecule has 1 atom stereocenters. The van der Waals surface area contributed by atoms with Crippen LogP contribution < -0.4 is 20.3 Å². The van der Waals surface area contributed by atoms with Gasteiger partial charge in [0.1, 0.15) is 5.75 Å². The van der Waals surface area contributed by atoms with Crippen molar-refractivity contribution in [3.05, 3.63) is 53.3 Å². The molecule has 6 nitrogen and oxygen atoms in total. The van der Waals surface area contributed by atoms with E-state index in [2.05, 4.69) is 20.5 Å². The van der Waals surface area contributed by atoms with Gasteiger partial charge in [-0.15, -0.1) is 0 Å². The van der Waals surface area contributed by atoms with Gasteiger partial charge in [-0.25, -0.2) is 4.79 Å². The number of pyridine rings is 1. The lowest BCUT2D eigenvalue weighted by molar-refractivity contribution is 0.237. The Labute approximate surface area is 152 Å². The van der Waals surface area contributed by atoms with E-state index in [0.717, 1.165) is 36.5 Å². The van der Waals surface area contributed by atoms with Gasteiger partial charge in [0.05, 0.1) is 12.8 Å². The smallest absolute Gasteiger partial charge is 0.315 e. The summed E-state index contributed by atoms with van der Waals surface area (Å²) >= 11 is 6.11. The van der Waals surface area contributed by atoms with Crippen LogP contribution in [0.1, 0.15) is 12.0 Å². The number of carbonyl (C=O) groups excluding carboxylic acids is 1. The molecule has 0 saturated carbocycles. The van der Waals surface area contributed by atoms with E-state index >= 15 is 0 Å². The summed E-state index contributed by atoms with van der Waals surface area (Å²) in [7, 11) is 1.64. The maximum Gasteiger partial charge on any atom is 0.315 e. The largest absolute Gasteiger partial charge is 0.495 e. The lowest BCUT2D eigenvalue weighted by Crippen LogP contribution is -2.43. The van der Waals surface area contributed by atoms with E-state index in [1.165, 1.54) is 0 Å². The highest BCUT2D eigenvalue weighted by molar-refractivity contribution is 6.30. The maximum atomic E-state index is 12.1. The van der Waals surface area contributed by atoms with E-state index in [-0.39, 0.29) is 12.1 Å². The summed E-state index contributed by atoms with van der Waals surface area (Å²) in [5.74, 6) is 0.783. The zero-order chi connectivity index (χ0) is 17.6. The number of ether oxygens (including phenoxy) is 1. The molecule has 1 aromatic heterocycles. The Morgan fingerprint density at radius 2 is 2.32 bits per heavy atom. The number of methoxy groups -OCH3 is 1. The van der Waals surface area contributed by atoms with E-state index in [1.54, 1.807) is 19.5 Å². The van der Waals surface area contributed by atoms with Crippen LogP contribution in [0.5, 0.6) is 5.75 Å². The average molecular weight is 361 g/mol. The van der Waals surface area contributed by atoms with Crippen LogP contribution >= 0.6 is 11.6 Å². The summed E-state index contributed by atoms with van der Waals surface area (Å²) in [6.07, 6.45) is 4.32. The second kappa shape index (κ2) is 8.07. The molecule has 1 aliphatic heterocycles. The Hall–Kier alpha value is -2.47. The summed E-state index contributed by atoms with van der Waals surface area (Å²) < 4.78 is 5.41. The van der Waals surface area contributed by atoms with Crippen LogP contribution in [0.3, 0.4) is 0 Å². The topological polar surface area (TPSA) is 66.5 Å². The van der Waals surface area contributed by atoms with Gasteiger partial charge in [0, 0.05) is 43.1 Å². The molecule has 1 saturated heterocycles. The molecule has 1 unspecified atom stereocenters. The second-order valence-corrected chi connectivity index (χ2v) is 6.37. The van der Waals surface area contributed by atoms with Gasteiger partial charge in [-0.05, 0) is 36.2 Å². The van der Waals surface area contributed by atoms with Crippen LogP contribution in [0.25, 0.3) is 0 Å². The minimum absolute atomic E-state index is 0.0811. The summed E-state index contributed by atoms with van der Waals surface area (Å²) in [6, 6.07) is 9.25. The molecule has 0 spiro atoms. The normalized spacial score (nSPS) is 16.6. The first-order chi connectivity index (χ1) is 12.2. The highest BCUT2D eigenvalue weighted by Gasteiger charge is 2.26. The maximum absolute atomic E-state index is 12.1. The van der Waals surface area contributed by atoms with E-state index < -0.39 is 0 Å². The molecule has 2 amide bonds. The molecule has 0 radical (unpaired) electrons. The van der Waals surface area contributed by atoms with Gasteiger partial charge in [0.15, 0.2) is 0 Å². The number of hydrogen-bond donors (Lipinski definition) is 2. The van der Waals surface area contributed by atoms with Crippen LogP contribution in [0, 0.1) is 0 Å². The monoisotopic (exact) mass is 360 g/mol. The highest BCUT2D eigenvalue weighted by Crippen LogP contribution is 2.33. The molecule has 132 valence electrons. The van der Waals surface area contributed by atoms with E-state index in [4.69, 9.17) is 16.3 Å². The third-order valence-electron chi connectivity index (χ3n) is 4.18. The number of carbonyl (C=O) groups is 1. The fraction of sp³-hybridized carbons (Fsp3) is 0.333. The first-order valence-electron chi connectivity index (χ1n) is 8.17. The minimum Gasteiger partial charge on any atom is -0.495 e. The zero-order valence-corrected chi connectivity index (χ0v) is 14.8. The molecule has 25 heavy (non-hydrogen) atoms. The van der Waals surface area contributed by atoms with Gasteiger partial charge in [0.2, 0.25) is 0 Å². The van der Waals surface area contributed by atoms with E-state index in [0.29, 0.717) is 11.6 Å². The Morgan fingerprint density at radius 3 is 3.08 bits per heavy atom. The van der Waals surface area contributed by atoms with Crippen molar-refractivity contribution in [3.63, 3.8) is 0 Å². The molecule has 2 N–H and O–H groups in total. The fourth-order valence-electron chi connectivity index (χ4n) is 2.93. The summed E-state index contributed by atoms with van der Waals surface area (Å²) in [5.41, 5.74) is 1.92. The molecule has 1 aromatic carbocycles. The van der Waals surface area contributed by atoms with E-state index in [9.17, 15) is 4.79 Å². The van der Waals surface area contributed by atoms with Crippen LogP contribution in [0.4, 0.5) is 10.5 Å². The number of aromatic nitrogens is 1. The number of nitrogens with zero attached hydrogens (tertiary/aromatic N) is 2. The van der Waals surface area contributed by atoms with Gasteiger partial charge < -0.3 is 20.3 Å². The lowest BCUT2D eigenvalue weighted by Gasteiger charge is -2.21. The standard InChI is InChI=1S/C18H21ClN4O2/c1-25-17-5-4-14(19)9-16(17)23-8-6-15(12-23)22-18(24)21-11-13-3-2-7-20-10-13/h2-5,7,9-10,15H,6,8,11-12H2,1H3,(H2,21,22,24). The minimum atomic E-state index is -0.172. The van der Waals surface area contributed by atoms with Crippen molar-refractivity contribution in [2.75, 3.05) is 25.1 Å². The number of amides is 2. The molecule has 2 heterocycles. The Balaban J connectivity index is 1.53. The van der Waals surface area contributed by atoms with Crippen molar-refractivity contribution in [1.29, 1.82) is 0 Å².